The molecule has 2 amide bonds. The number of rotatable bonds is 2. The van der Waals surface area contributed by atoms with Gasteiger partial charge in [-0.3, -0.25) is 14.5 Å². The van der Waals surface area contributed by atoms with Crippen LogP contribution in [0.3, 0.4) is 0 Å². The second-order valence-electron chi connectivity index (χ2n) is 7.56. The molecule has 0 saturated heterocycles. The summed E-state index contributed by atoms with van der Waals surface area (Å²) in [6, 6.07) is 12.8. The van der Waals surface area contributed by atoms with Crippen LogP contribution < -0.4 is 0 Å². The van der Waals surface area contributed by atoms with Gasteiger partial charge in [0.15, 0.2) is 11.6 Å². The number of imide groups is 1. The molecule has 8 nitrogen and oxygen atoms in total. The van der Waals surface area contributed by atoms with Crippen molar-refractivity contribution in [2.75, 3.05) is 0 Å². The normalized spacial score (nSPS) is 14.2. The van der Waals surface area contributed by atoms with Crippen LogP contribution in [0.1, 0.15) is 37.9 Å². The third kappa shape index (κ3) is 2.63. The first kappa shape index (κ1) is 18.2. The van der Waals surface area contributed by atoms with Crippen molar-refractivity contribution in [1.29, 1.82) is 0 Å². The van der Waals surface area contributed by atoms with Gasteiger partial charge in [-0.2, -0.15) is 5.10 Å². The fourth-order valence-corrected chi connectivity index (χ4v) is 4.55. The maximum Gasteiger partial charge on any atom is 0.261 e. The van der Waals surface area contributed by atoms with E-state index in [2.05, 4.69) is 30.6 Å². The Kier molecular flexibility index (Phi) is 3.79. The third-order valence-electron chi connectivity index (χ3n) is 5.73. The first-order valence-corrected chi connectivity index (χ1v) is 10.5. The lowest BCUT2D eigenvalue weighted by atomic mass is 10.1. The molecule has 2 aromatic heterocycles. The van der Waals surface area contributed by atoms with E-state index in [4.69, 9.17) is 4.98 Å². The Bertz CT molecular complexity index is 1380. The van der Waals surface area contributed by atoms with Crippen molar-refractivity contribution in [1.82, 2.24) is 29.2 Å². The first-order valence-electron chi connectivity index (χ1n) is 9.73. The van der Waals surface area contributed by atoms with Crippen molar-refractivity contribution in [3.8, 4) is 17.1 Å². The van der Waals surface area contributed by atoms with Gasteiger partial charge in [-0.05, 0) is 37.3 Å². The molecule has 4 heterocycles. The Morgan fingerprint density at radius 1 is 1.03 bits per heavy atom. The summed E-state index contributed by atoms with van der Waals surface area (Å²) in [5.74, 6) is 0.470. The number of carbonyl (C=O) groups excluding carboxylic acids is 2. The van der Waals surface area contributed by atoms with Crippen molar-refractivity contribution in [2.45, 2.75) is 20.0 Å². The Morgan fingerprint density at radius 2 is 1.77 bits per heavy atom. The molecule has 0 unspecified atom stereocenters. The summed E-state index contributed by atoms with van der Waals surface area (Å²) in [5, 5.41) is 4.66. The Hall–Kier alpha value is -3.59. The second-order valence-corrected chi connectivity index (χ2v) is 8.48. The van der Waals surface area contributed by atoms with Crippen LogP contribution in [0.25, 0.3) is 17.1 Å². The maximum atomic E-state index is 12.8. The zero-order valence-corrected chi connectivity index (χ0v) is 18.0. The Balaban J connectivity index is 1.44. The zero-order valence-electron chi connectivity index (χ0n) is 16.4. The zero-order chi connectivity index (χ0) is 21.3. The molecule has 0 radical (unpaired) electrons. The summed E-state index contributed by atoms with van der Waals surface area (Å²) in [4.78, 5) is 35.9. The van der Waals surface area contributed by atoms with E-state index in [1.54, 1.807) is 24.3 Å². The predicted octanol–water partition coefficient (Wildman–Crippen LogP) is 3.36. The number of halogens is 1. The van der Waals surface area contributed by atoms with E-state index in [9.17, 15) is 9.59 Å². The number of amides is 2. The quantitative estimate of drug-likeness (QED) is 0.366. The van der Waals surface area contributed by atoms with Crippen molar-refractivity contribution in [3.63, 3.8) is 0 Å². The Morgan fingerprint density at radius 3 is 2.52 bits per heavy atom. The molecule has 0 atom stereocenters. The number of hydrogen-bond donors (Lipinski definition) is 0. The molecule has 31 heavy (non-hydrogen) atoms. The average molecular weight is 475 g/mol. The summed E-state index contributed by atoms with van der Waals surface area (Å²) in [5.41, 5.74) is 4.62. The van der Waals surface area contributed by atoms with Gasteiger partial charge in [0.1, 0.15) is 0 Å². The summed E-state index contributed by atoms with van der Waals surface area (Å²) >= 11 is 3.54. The van der Waals surface area contributed by atoms with Crippen LogP contribution in [-0.2, 0) is 13.1 Å². The molecule has 2 aliphatic heterocycles. The minimum absolute atomic E-state index is 0.0218. The molecular weight excluding hydrogens is 460 g/mol. The second kappa shape index (κ2) is 6.45. The number of benzene rings is 2. The number of hydrogen-bond acceptors (Lipinski definition) is 5. The minimum Gasteiger partial charge on any atom is -0.300 e. The molecule has 0 fully saturated rings. The first-order chi connectivity index (χ1) is 15.0. The highest BCUT2D eigenvalue weighted by molar-refractivity contribution is 9.10. The lowest BCUT2D eigenvalue weighted by Gasteiger charge is -2.11. The summed E-state index contributed by atoms with van der Waals surface area (Å²) in [6.07, 6.45) is 1.81. The number of carbonyl (C=O) groups is 2. The third-order valence-corrected chi connectivity index (χ3v) is 6.22. The molecule has 0 N–H and O–H groups in total. The van der Waals surface area contributed by atoms with Crippen molar-refractivity contribution in [3.05, 3.63) is 81.6 Å². The fraction of sp³-hybridized carbons (Fsp3) is 0.136. The highest BCUT2D eigenvalue weighted by atomic mass is 79.9. The number of aromatic nitrogens is 5. The molecule has 2 aliphatic rings. The lowest BCUT2D eigenvalue weighted by molar-refractivity contribution is 0.0638. The van der Waals surface area contributed by atoms with Crippen LogP contribution in [0.5, 0.6) is 0 Å². The molecule has 0 spiro atoms. The molecular formula is C22H15BrN6O2. The average Bonchev–Trinajstić information content (AvgIpc) is 3.38. The van der Waals surface area contributed by atoms with Gasteiger partial charge < -0.3 is 4.57 Å². The van der Waals surface area contributed by atoms with Gasteiger partial charge in [0.05, 0.1) is 47.6 Å². The van der Waals surface area contributed by atoms with E-state index in [-0.39, 0.29) is 18.4 Å². The molecule has 0 aliphatic carbocycles. The van der Waals surface area contributed by atoms with Crippen LogP contribution in [-0.4, -0.2) is 41.0 Å². The predicted molar refractivity (Wildman–Crippen MR) is 115 cm³/mol. The lowest BCUT2D eigenvalue weighted by Crippen LogP contribution is -2.29. The molecule has 9 heteroatoms. The van der Waals surface area contributed by atoms with Crippen LogP contribution in [0.4, 0.5) is 0 Å². The summed E-state index contributed by atoms with van der Waals surface area (Å²) in [7, 11) is 0. The van der Waals surface area contributed by atoms with Gasteiger partial charge in [0, 0.05) is 10.0 Å². The van der Waals surface area contributed by atoms with Crippen molar-refractivity contribution >= 4 is 27.7 Å². The molecule has 6 rings (SSSR count). The van der Waals surface area contributed by atoms with E-state index in [0.29, 0.717) is 29.3 Å². The van der Waals surface area contributed by atoms with Gasteiger partial charge in [-0.25, -0.2) is 14.6 Å². The topological polar surface area (TPSA) is 85.9 Å². The van der Waals surface area contributed by atoms with Gasteiger partial charge in [0.25, 0.3) is 11.8 Å². The SMILES string of the molecule is Cc1ncn2c1Cn1nc(CN3C(=O)c4ccccc4C3=O)nc1-c1cc(Br)ccc1-2. The van der Waals surface area contributed by atoms with Gasteiger partial charge in [0.2, 0.25) is 0 Å². The molecule has 0 saturated carbocycles. The van der Waals surface area contributed by atoms with E-state index in [1.807, 2.05) is 36.1 Å². The number of nitrogens with zero attached hydrogens (tertiary/aromatic N) is 6. The van der Waals surface area contributed by atoms with Crippen LogP contribution >= 0.6 is 15.9 Å². The molecule has 4 aromatic rings. The van der Waals surface area contributed by atoms with Gasteiger partial charge in [-0.15, -0.1) is 0 Å². The van der Waals surface area contributed by atoms with Gasteiger partial charge in [-0.1, -0.05) is 28.1 Å². The van der Waals surface area contributed by atoms with E-state index in [0.717, 1.165) is 27.1 Å². The maximum absolute atomic E-state index is 12.8. The largest absolute Gasteiger partial charge is 0.300 e. The van der Waals surface area contributed by atoms with Crippen LogP contribution in [0.15, 0.2) is 53.3 Å². The van der Waals surface area contributed by atoms with E-state index in [1.165, 1.54) is 4.90 Å². The summed E-state index contributed by atoms with van der Waals surface area (Å²) < 4.78 is 4.78. The molecule has 152 valence electrons. The van der Waals surface area contributed by atoms with E-state index >= 15 is 0 Å². The number of aryl methyl sites for hydroxylation is 1. The standard InChI is InChI=1S/C22H15BrN6O2/c1-12-18-9-29-20(16-8-13(23)6-7-17(16)28(18)11-24-12)25-19(26-29)10-27-21(30)14-4-2-3-5-15(14)22(27)31/h2-8,11H,9-10H2,1H3. The molecule has 0 bridgehead atoms. The smallest absolute Gasteiger partial charge is 0.261 e. The monoisotopic (exact) mass is 474 g/mol. The van der Waals surface area contributed by atoms with Crippen molar-refractivity contribution in [2.24, 2.45) is 0 Å². The number of fused-ring (bicyclic) bond motifs is 6. The fourth-order valence-electron chi connectivity index (χ4n) is 4.19. The van der Waals surface area contributed by atoms with E-state index < -0.39 is 0 Å². The molecule has 2 aromatic carbocycles. The van der Waals surface area contributed by atoms with Gasteiger partial charge >= 0.3 is 0 Å². The highest BCUT2D eigenvalue weighted by Crippen LogP contribution is 2.34. The minimum atomic E-state index is -0.317. The highest BCUT2D eigenvalue weighted by Gasteiger charge is 2.36. The van der Waals surface area contributed by atoms with Crippen LogP contribution in [0, 0.1) is 6.92 Å². The van der Waals surface area contributed by atoms with Crippen LogP contribution in [0.2, 0.25) is 0 Å². The Labute approximate surface area is 185 Å². The number of imidazole rings is 1. The summed E-state index contributed by atoms with van der Waals surface area (Å²) in [6.45, 7) is 2.47. The van der Waals surface area contributed by atoms with Crippen molar-refractivity contribution < 1.29 is 9.59 Å².